The highest BCUT2D eigenvalue weighted by molar-refractivity contribution is 7.13. The van der Waals surface area contributed by atoms with E-state index in [4.69, 9.17) is 10.2 Å². The number of pyridine rings is 1. The van der Waals surface area contributed by atoms with Crippen LogP contribution < -0.4 is 16.0 Å². The number of aromatic nitrogens is 3. The fourth-order valence-corrected chi connectivity index (χ4v) is 4.16. The van der Waals surface area contributed by atoms with Crippen molar-refractivity contribution in [2.45, 2.75) is 32.1 Å². The Labute approximate surface area is 167 Å². The standard InChI is InChI=1S/C19H24N6O2S/c20-18-23-14(12-28-18)5-1-7-21-16(26)10-13-4-3-9-25(11-13)19-24-17-15(27-19)6-2-8-22-17/h2,6,8,12-13H,1,3-5,7,9-11H2,(H2,20,23)(H,21,26). The zero-order chi connectivity index (χ0) is 19.3. The second-order valence-corrected chi connectivity index (χ2v) is 8.00. The molecule has 1 saturated heterocycles. The van der Waals surface area contributed by atoms with Gasteiger partial charge in [0.25, 0.3) is 6.01 Å². The molecule has 28 heavy (non-hydrogen) atoms. The number of amides is 1. The first-order valence-corrected chi connectivity index (χ1v) is 10.5. The summed E-state index contributed by atoms with van der Waals surface area (Å²) in [7, 11) is 0. The number of nitrogens with zero attached hydrogens (tertiary/aromatic N) is 4. The predicted molar refractivity (Wildman–Crippen MR) is 109 cm³/mol. The van der Waals surface area contributed by atoms with E-state index >= 15 is 0 Å². The Morgan fingerprint density at radius 1 is 1.43 bits per heavy atom. The maximum Gasteiger partial charge on any atom is 0.299 e. The van der Waals surface area contributed by atoms with Gasteiger partial charge in [-0.05, 0) is 43.7 Å². The van der Waals surface area contributed by atoms with E-state index in [-0.39, 0.29) is 5.91 Å². The molecule has 1 aliphatic heterocycles. The summed E-state index contributed by atoms with van der Waals surface area (Å²) in [4.78, 5) is 27.3. The average Bonchev–Trinajstić information content (AvgIpc) is 3.31. The minimum atomic E-state index is 0.101. The number of rotatable bonds is 7. The SMILES string of the molecule is Nc1nc(CCCNC(=O)CC2CCCN(c3nc4ncccc4o3)C2)cs1. The van der Waals surface area contributed by atoms with Gasteiger partial charge in [0.2, 0.25) is 11.6 Å². The monoisotopic (exact) mass is 400 g/mol. The molecule has 1 unspecified atom stereocenters. The predicted octanol–water partition coefficient (Wildman–Crippen LogP) is 2.62. The molecule has 148 valence electrons. The van der Waals surface area contributed by atoms with Crippen LogP contribution in [0, 0.1) is 5.92 Å². The number of hydrogen-bond acceptors (Lipinski definition) is 8. The van der Waals surface area contributed by atoms with Gasteiger partial charge in [-0.2, -0.15) is 4.98 Å². The first-order valence-electron chi connectivity index (χ1n) is 9.60. The van der Waals surface area contributed by atoms with Gasteiger partial charge in [-0.1, -0.05) is 0 Å². The van der Waals surface area contributed by atoms with Crippen LogP contribution in [0.4, 0.5) is 11.1 Å². The van der Waals surface area contributed by atoms with Gasteiger partial charge in [0.05, 0.1) is 5.69 Å². The maximum atomic E-state index is 12.3. The highest BCUT2D eigenvalue weighted by Crippen LogP contribution is 2.26. The number of anilines is 2. The summed E-state index contributed by atoms with van der Waals surface area (Å²) in [5, 5.41) is 5.58. The molecule has 1 fully saturated rings. The van der Waals surface area contributed by atoms with Crippen LogP contribution in [-0.4, -0.2) is 40.5 Å². The van der Waals surface area contributed by atoms with Crippen LogP contribution in [0.1, 0.15) is 31.4 Å². The fourth-order valence-electron chi connectivity index (χ4n) is 3.57. The molecule has 3 N–H and O–H groups in total. The van der Waals surface area contributed by atoms with E-state index in [1.54, 1.807) is 6.20 Å². The van der Waals surface area contributed by atoms with Crippen molar-refractivity contribution >= 4 is 39.6 Å². The quantitative estimate of drug-likeness (QED) is 0.587. The zero-order valence-corrected chi connectivity index (χ0v) is 16.5. The highest BCUT2D eigenvalue weighted by atomic mass is 32.1. The van der Waals surface area contributed by atoms with Crippen LogP contribution in [0.15, 0.2) is 28.1 Å². The Morgan fingerprint density at radius 2 is 2.36 bits per heavy atom. The summed E-state index contributed by atoms with van der Waals surface area (Å²) >= 11 is 1.45. The summed E-state index contributed by atoms with van der Waals surface area (Å²) in [6, 6.07) is 4.30. The van der Waals surface area contributed by atoms with Gasteiger partial charge in [-0.25, -0.2) is 9.97 Å². The number of carbonyl (C=O) groups excluding carboxylic acids is 1. The third kappa shape index (κ3) is 4.59. The lowest BCUT2D eigenvalue weighted by molar-refractivity contribution is -0.122. The summed E-state index contributed by atoms with van der Waals surface area (Å²) in [5.41, 5.74) is 7.94. The second-order valence-electron chi connectivity index (χ2n) is 7.11. The van der Waals surface area contributed by atoms with E-state index in [1.165, 1.54) is 11.3 Å². The fraction of sp³-hybridized carbons (Fsp3) is 0.474. The van der Waals surface area contributed by atoms with E-state index < -0.39 is 0 Å². The molecule has 0 bridgehead atoms. The number of nitrogens with two attached hydrogens (primary N) is 1. The molecular weight excluding hydrogens is 376 g/mol. The van der Waals surface area contributed by atoms with Crippen molar-refractivity contribution in [3.8, 4) is 0 Å². The summed E-state index contributed by atoms with van der Waals surface area (Å²) in [6.07, 6.45) is 5.99. The lowest BCUT2D eigenvalue weighted by atomic mass is 9.94. The molecular formula is C19H24N6O2S. The van der Waals surface area contributed by atoms with Gasteiger partial charge in [-0.15, -0.1) is 11.3 Å². The number of piperidine rings is 1. The molecule has 3 aromatic rings. The van der Waals surface area contributed by atoms with Crippen molar-refractivity contribution in [2.24, 2.45) is 5.92 Å². The van der Waals surface area contributed by atoms with Crippen molar-refractivity contribution in [3.63, 3.8) is 0 Å². The molecule has 9 heteroatoms. The van der Waals surface area contributed by atoms with E-state index in [0.29, 0.717) is 41.3 Å². The Kier molecular flexibility index (Phi) is 5.70. The van der Waals surface area contributed by atoms with Crippen LogP contribution >= 0.6 is 11.3 Å². The molecule has 4 heterocycles. The maximum absolute atomic E-state index is 12.3. The van der Waals surface area contributed by atoms with Crippen LogP contribution in [0.3, 0.4) is 0 Å². The summed E-state index contributed by atoms with van der Waals surface area (Å²) in [6.45, 7) is 2.32. The molecule has 1 aliphatic rings. The topological polar surface area (TPSA) is 110 Å². The van der Waals surface area contributed by atoms with Gasteiger partial charge in [0.15, 0.2) is 10.7 Å². The number of thiazole rings is 1. The first kappa shape index (κ1) is 18.7. The smallest absolute Gasteiger partial charge is 0.299 e. The number of nitrogens with one attached hydrogen (secondary N) is 1. The third-order valence-corrected chi connectivity index (χ3v) is 5.64. The number of aryl methyl sites for hydroxylation is 1. The van der Waals surface area contributed by atoms with Crippen LogP contribution in [0.25, 0.3) is 11.2 Å². The van der Waals surface area contributed by atoms with Crippen molar-refractivity contribution in [1.29, 1.82) is 0 Å². The molecule has 0 saturated carbocycles. The number of oxazole rings is 1. The van der Waals surface area contributed by atoms with E-state index in [0.717, 1.165) is 44.5 Å². The molecule has 3 aromatic heterocycles. The lowest BCUT2D eigenvalue weighted by Crippen LogP contribution is -2.38. The molecule has 1 amide bonds. The molecule has 0 radical (unpaired) electrons. The van der Waals surface area contributed by atoms with Crippen molar-refractivity contribution in [1.82, 2.24) is 20.3 Å². The Morgan fingerprint density at radius 3 is 3.18 bits per heavy atom. The van der Waals surface area contributed by atoms with E-state index in [9.17, 15) is 4.79 Å². The minimum absolute atomic E-state index is 0.101. The molecule has 1 atom stereocenters. The van der Waals surface area contributed by atoms with Crippen molar-refractivity contribution < 1.29 is 9.21 Å². The van der Waals surface area contributed by atoms with E-state index in [1.807, 2.05) is 17.5 Å². The number of hydrogen-bond donors (Lipinski definition) is 2. The molecule has 8 nitrogen and oxygen atoms in total. The third-order valence-electron chi connectivity index (χ3n) is 4.92. The van der Waals surface area contributed by atoms with Crippen LogP contribution in [-0.2, 0) is 11.2 Å². The van der Waals surface area contributed by atoms with Gasteiger partial charge < -0.3 is 20.4 Å². The number of carbonyl (C=O) groups is 1. The Bertz CT molecular complexity index is 906. The van der Waals surface area contributed by atoms with Crippen molar-refractivity contribution in [2.75, 3.05) is 30.3 Å². The highest BCUT2D eigenvalue weighted by Gasteiger charge is 2.25. The lowest BCUT2D eigenvalue weighted by Gasteiger charge is -2.31. The number of fused-ring (bicyclic) bond motifs is 1. The first-order chi connectivity index (χ1) is 13.7. The normalized spacial score (nSPS) is 17.1. The van der Waals surface area contributed by atoms with Crippen molar-refractivity contribution in [3.05, 3.63) is 29.4 Å². The molecule has 0 spiro atoms. The van der Waals surface area contributed by atoms with Gasteiger partial charge in [0.1, 0.15) is 0 Å². The van der Waals surface area contributed by atoms with E-state index in [2.05, 4.69) is 25.2 Å². The number of nitrogen functional groups attached to an aromatic ring is 1. The van der Waals surface area contributed by atoms with Gasteiger partial charge in [-0.3, -0.25) is 4.79 Å². The summed E-state index contributed by atoms with van der Waals surface area (Å²) in [5.74, 6) is 0.402. The minimum Gasteiger partial charge on any atom is -0.422 e. The Hall–Kier alpha value is -2.68. The largest absolute Gasteiger partial charge is 0.422 e. The molecule has 0 aliphatic carbocycles. The van der Waals surface area contributed by atoms with Crippen LogP contribution in [0.2, 0.25) is 0 Å². The average molecular weight is 401 g/mol. The molecule has 0 aromatic carbocycles. The van der Waals surface area contributed by atoms with Gasteiger partial charge in [0, 0.05) is 37.6 Å². The second kappa shape index (κ2) is 8.55. The summed E-state index contributed by atoms with van der Waals surface area (Å²) < 4.78 is 5.82. The van der Waals surface area contributed by atoms with Gasteiger partial charge >= 0.3 is 0 Å². The zero-order valence-electron chi connectivity index (χ0n) is 15.6. The Balaban J connectivity index is 1.23. The molecule has 4 rings (SSSR count). The van der Waals surface area contributed by atoms with Crippen LogP contribution in [0.5, 0.6) is 0 Å².